The Balaban J connectivity index is 0.000000478. The molecule has 0 aliphatic heterocycles. The molecule has 12 nitrogen and oxygen atoms in total. The first kappa shape index (κ1) is 64.0. The molecule has 4 rings (SSSR count). The lowest BCUT2D eigenvalue weighted by molar-refractivity contribution is -0.0488. The maximum atomic E-state index is 12.0. The normalized spacial score (nSPS) is 13.8. The molecule has 0 heterocycles. The highest BCUT2D eigenvalue weighted by atomic mass is 32.3. The van der Waals surface area contributed by atoms with E-state index in [1.165, 1.54) is 43.1 Å². The van der Waals surface area contributed by atoms with Gasteiger partial charge in [0.1, 0.15) is 0 Å². The SMILES string of the molecule is O=S(=O)([C-](S(=O)(=O)C(F)(F)F)S(=O)(=O)C(F)(F)F)C(F)(F)F.O=S(=O)([C-](S(=O)(=O)C(F)(F)F)S(=O)(=O)C(F)(F)F)C(F)(F)F.c1ccc([SH+]c2ccccc2)cc1.c1ccc([SH+]c2ccccc2)cc1. The molecular weight excluding hydrogens is 1170 g/mol. The van der Waals surface area contributed by atoms with Crippen molar-refractivity contribution in [3.63, 3.8) is 0 Å². The lowest BCUT2D eigenvalue weighted by atomic mass is 10.4. The molecule has 0 aromatic heterocycles. The van der Waals surface area contributed by atoms with Crippen LogP contribution < -0.4 is 0 Å². The average molecular weight is 1200 g/mol. The predicted octanol–water partition coefficient (Wildman–Crippen LogP) is 8.31. The van der Waals surface area contributed by atoms with Crippen LogP contribution in [0.25, 0.3) is 0 Å². The first-order chi connectivity index (χ1) is 31.1. The van der Waals surface area contributed by atoms with E-state index in [1.54, 1.807) is 0 Å². The second-order valence-electron chi connectivity index (χ2n) is 11.8. The first-order valence-electron chi connectivity index (χ1n) is 16.4. The number of sulfone groups is 6. The minimum atomic E-state index is -8.02. The Morgan fingerprint density at radius 1 is 0.243 bits per heavy atom. The maximum absolute atomic E-state index is 12.0. The molecule has 396 valence electrons. The Bertz CT molecular complexity index is 2530. The second kappa shape index (κ2) is 22.8. The molecule has 0 spiro atoms. The zero-order chi connectivity index (χ0) is 55.0. The van der Waals surface area contributed by atoms with Crippen molar-refractivity contribution >= 4 is 82.5 Å². The fraction of sp³-hybridized carbons (Fsp3) is 0.188. The van der Waals surface area contributed by atoms with Crippen molar-refractivity contribution in [2.75, 3.05) is 0 Å². The van der Waals surface area contributed by atoms with Crippen LogP contribution in [0.4, 0.5) is 79.0 Å². The third-order valence-electron chi connectivity index (χ3n) is 6.69. The minimum Gasteiger partial charge on any atom is -0.251 e. The third kappa shape index (κ3) is 16.0. The maximum Gasteiger partial charge on any atom is 0.470 e. The number of alkyl halides is 18. The van der Waals surface area contributed by atoms with Gasteiger partial charge >= 0.3 is 33.0 Å². The summed E-state index contributed by atoms with van der Waals surface area (Å²) in [5, 5.41) is 0. The summed E-state index contributed by atoms with van der Waals surface area (Å²) in [6.45, 7) is 0. The van der Waals surface area contributed by atoms with E-state index in [2.05, 4.69) is 97.1 Å². The van der Waals surface area contributed by atoms with E-state index in [-0.39, 0.29) is 0 Å². The van der Waals surface area contributed by atoms with Crippen molar-refractivity contribution in [1.29, 1.82) is 0 Å². The van der Waals surface area contributed by atoms with Gasteiger partial charge in [-0.1, -0.05) is 72.8 Å². The molecule has 0 bridgehead atoms. The molecule has 0 N–H and O–H groups in total. The minimum absolute atomic E-state index is 1.28. The van der Waals surface area contributed by atoms with E-state index >= 15 is 0 Å². The van der Waals surface area contributed by atoms with Crippen molar-refractivity contribution in [3.8, 4) is 0 Å². The monoisotopic (exact) mass is 1200 g/mol. The molecular formula is C32H22F18O12S8. The number of rotatable bonds is 10. The van der Waals surface area contributed by atoms with E-state index in [9.17, 15) is 130 Å². The Kier molecular flexibility index (Phi) is 20.9. The van der Waals surface area contributed by atoms with Gasteiger partial charge in [0.05, 0.1) is 7.83 Å². The molecule has 0 saturated heterocycles. The molecule has 0 saturated carbocycles. The number of thiol groups is 2. The van der Waals surface area contributed by atoms with Crippen LogP contribution in [-0.2, 0) is 82.5 Å². The van der Waals surface area contributed by atoms with E-state index < -0.39 is 99.9 Å². The van der Waals surface area contributed by atoms with Crippen LogP contribution in [0.1, 0.15) is 0 Å². The van der Waals surface area contributed by atoms with Gasteiger partial charge in [-0.15, -0.1) is 0 Å². The molecule has 0 unspecified atom stereocenters. The fourth-order valence-electron chi connectivity index (χ4n) is 3.74. The van der Waals surface area contributed by atoms with Crippen LogP contribution in [0.15, 0.2) is 141 Å². The quantitative estimate of drug-likeness (QED) is 0.0637. The zero-order valence-electron chi connectivity index (χ0n) is 32.6. The summed E-state index contributed by atoms with van der Waals surface area (Å²) in [6, 6.07) is 42.0. The molecule has 38 heteroatoms. The van der Waals surface area contributed by atoms with E-state index in [1.807, 2.05) is 24.3 Å². The van der Waals surface area contributed by atoms with Crippen molar-refractivity contribution in [1.82, 2.24) is 0 Å². The largest absolute Gasteiger partial charge is 0.470 e. The summed E-state index contributed by atoms with van der Waals surface area (Å²) in [5.41, 5.74) is -42.3. The lowest BCUT2D eigenvalue weighted by Gasteiger charge is -2.31. The number of benzene rings is 4. The third-order valence-corrected chi connectivity index (χ3v) is 23.1. The Morgan fingerprint density at radius 3 is 0.457 bits per heavy atom. The van der Waals surface area contributed by atoms with Gasteiger partial charge in [-0.2, -0.15) is 79.0 Å². The molecule has 0 amide bonds. The Morgan fingerprint density at radius 2 is 0.357 bits per heavy atom. The highest BCUT2D eigenvalue weighted by molar-refractivity contribution is 8.30. The van der Waals surface area contributed by atoms with Crippen molar-refractivity contribution in [2.24, 2.45) is 0 Å². The van der Waals surface area contributed by atoms with Gasteiger partial charge in [0.25, 0.3) is 0 Å². The summed E-state index contributed by atoms with van der Waals surface area (Å²) >= 11 is 2.56. The summed E-state index contributed by atoms with van der Waals surface area (Å²) in [4.78, 5) is 5.37. The summed E-state index contributed by atoms with van der Waals surface area (Å²) in [6.07, 6.45) is 0. The molecule has 0 aliphatic rings. The number of hydrogen-bond donors (Lipinski definition) is 0. The van der Waals surface area contributed by atoms with Crippen molar-refractivity contribution < 1.29 is 130 Å². The van der Waals surface area contributed by atoms with E-state index in [4.69, 9.17) is 0 Å². The standard InChI is InChI=1S/2C12H10S.2C4F9O6S3/c2*1-3-7-11(8-4-1)13-12-9-5-2-6-10-12;2*5-2(6,7)20(14,15)1(21(16,17)3(8,9)10)22(18,19)4(11,12)13/h2*1-10H;;/q;;2*-1/p+2. The highest BCUT2D eigenvalue weighted by Crippen LogP contribution is 2.49. The summed E-state index contributed by atoms with van der Waals surface area (Å²) < 4.78 is 335. The van der Waals surface area contributed by atoms with Crippen LogP contribution in [0.3, 0.4) is 0 Å². The second-order valence-corrected chi connectivity index (χ2v) is 27.1. The summed E-state index contributed by atoms with van der Waals surface area (Å²) in [5.74, 6) is 0. The van der Waals surface area contributed by atoms with Crippen LogP contribution in [0, 0.1) is 7.83 Å². The lowest BCUT2D eigenvalue weighted by Crippen LogP contribution is -2.47. The predicted molar refractivity (Wildman–Crippen MR) is 213 cm³/mol. The van der Waals surface area contributed by atoms with Gasteiger partial charge < -0.3 is 0 Å². The topological polar surface area (TPSA) is 205 Å². The molecule has 4 aromatic carbocycles. The molecule has 0 atom stereocenters. The van der Waals surface area contributed by atoms with Gasteiger partial charge in [-0.25, -0.2) is 0 Å². The van der Waals surface area contributed by atoms with E-state index in [0.717, 1.165) is 0 Å². The van der Waals surface area contributed by atoms with E-state index in [0.29, 0.717) is 0 Å². The Labute approximate surface area is 392 Å². The van der Waals surface area contributed by atoms with Crippen molar-refractivity contribution in [3.05, 3.63) is 129 Å². The average Bonchev–Trinajstić information content (AvgIpc) is 3.17. The number of halogens is 18. The van der Waals surface area contributed by atoms with Gasteiger partial charge in [0, 0.05) is 23.5 Å². The van der Waals surface area contributed by atoms with Gasteiger partial charge in [0.2, 0.25) is 0 Å². The molecule has 0 radical (unpaired) electrons. The smallest absolute Gasteiger partial charge is 0.251 e. The van der Waals surface area contributed by atoms with Gasteiger partial charge in [-0.3, -0.25) is 50.5 Å². The molecule has 70 heavy (non-hydrogen) atoms. The zero-order valence-corrected chi connectivity index (χ0v) is 39.3. The van der Waals surface area contributed by atoms with Gasteiger partial charge in [0.15, 0.2) is 78.6 Å². The number of hydrogen-bond acceptors (Lipinski definition) is 12. The summed E-state index contributed by atoms with van der Waals surface area (Å²) in [7, 11) is -48.1. The molecule has 0 fully saturated rings. The highest BCUT2D eigenvalue weighted by Gasteiger charge is 2.65. The first-order valence-corrected chi connectivity index (χ1v) is 27.1. The van der Waals surface area contributed by atoms with Crippen LogP contribution in [0.5, 0.6) is 0 Å². The Hall–Kier alpha value is -3.98. The van der Waals surface area contributed by atoms with Crippen molar-refractivity contribution in [2.45, 2.75) is 52.6 Å². The van der Waals surface area contributed by atoms with Crippen LogP contribution in [-0.4, -0.2) is 83.6 Å². The molecule has 4 aromatic rings. The van der Waals surface area contributed by atoms with Crippen LogP contribution in [0.2, 0.25) is 0 Å². The van der Waals surface area contributed by atoms with Gasteiger partial charge in [-0.05, 0) is 48.5 Å². The van der Waals surface area contributed by atoms with Crippen LogP contribution >= 0.6 is 0 Å². The molecule has 0 aliphatic carbocycles. The fourth-order valence-corrected chi connectivity index (χ4v) is 17.1.